The number of amidine groups is 1. The maximum absolute atomic E-state index is 8.49. The predicted octanol–water partition coefficient (Wildman–Crippen LogP) is 0.634. The Labute approximate surface area is 76.8 Å². The molecule has 0 amide bonds. The highest BCUT2D eigenvalue weighted by molar-refractivity contribution is 5.95. The molecule has 0 aromatic carbocycles. The second-order valence-electron chi connectivity index (χ2n) is 3.28. The summed E-state index contributed by atoms with van der Waals surface area (Å²) in [5.41, 5.74) is 6.10. The maximum atomic E-state index is 8.49. The van der Waals surface area contributed by atoms with Crippen molar-refractivity contribution in [3.63, 3.8) is 0 Å². The lowest BCUT2D eigenvalue weighted by molar-refractivity contribution is 0.318. The van der Waals surface area contributed by atoms with Crippen molar-refractivity contribution in [2.24, 2.45) is 16.8 Å². The van der Waals surface area contributed by atoms with E-state index in [0.717, 1.165) is 6.54 Å². The molecule has 0 fully saturated rings. The molecule has 1 aromatic rings. The Hall–Kier alpha value is -1.52. The minimum atomic E-state index is 0.0955. The van der Waals surface area contributed by atoms with E-state index < -0.39 is 0 Å². The second-order valence-corrected chi connectivity index (χ2v) is 3.28. The van der Waals surface area contributed by atoms with Gasteiger partial charge < -0.3 is 10.9 Å². The van der Waals surface area contributed by atoms with Gasteiger partial charge in [-0.3, -0.25) is 4.68 Å². The average Bonchev–Trinajstić information content (AvgIpc) is 2.50. The summed E-state index contributed by atoms with van der Waals surface area (Å²) >= 11 is 0. The SMILES string of the molecule is CC(C)Cn1nccc1/C(N)=N\O. The molecule has 0 bridgehead atoms. The van der Waals surface area contributed by atoms with Crippen LogP contribution in [-0.2, 0) is 6.54 Å². The van der Waals surface area contributed by atoms with Crippen molar-refractivity contribution >= 4 is 5.84 Å². The van der Waals surface area contributed by atoms with Crippen molar-refractivity contribution in [2.45, 2.75) is 20.4 Å². The van der Waals surface area contributed by atoms with Crippen LogP contribution in [-0.4, -0.2) is 20.8 Å². The maximum Gasteiger partial charge on any atom is 0.188 e. The number of nitrogens with two attached hydrogens (primary N) is 1. The highest BCUT2D eigenvalue weighted by Gasteiger charge is 2.07. The largest absolute Gasteiger partial charge is 0.409 e. The van der Waals surface area contributed by atoms with Crippen LogP contribution in [0.4, 0.5) is 0 Å². The molecule has 5 heteroatoms. The molecule has 0 unspecified atom stereocenters. The van der Waals surface area contributed by atoms with E-state index in [1.54, 1.807) is 16.9 Å². The molecule has 3 N–H and O–H groups in total. The van der Waals surface area contributed by atoms with Gasteiger partial charge >= 0.3 is 0 Å². The van der Waals surface area contributed by atoms with Crippen LogP contribution >= 0.6 is 0 Å². The molecule has 0 aliphatic rings. The molecule has 1 heterocycles. The lowest BCUT2D eigenvalue weighted by Crippen LogP contribution is -2.20. The monoisotopic (exact) mass is 182 g/mol. The standard InChI is InChI=1S/C8H14N4O/c1-6(2)5-12-7(3-4-10-12)8(9)11-13/h3-4,6,13H,5H2,1-2H3,(H2,9,11). The van der Waals surface area contributed by atoms with Crippen molar-refractivity contribution < 1.29 is 5.21 Å². The van der Waals surface area contributed by atoms with Gasteiger partial charge in [0.25, 0.3) is 0 Å². The van der Waals surface area contributed by atoms with Gasteiger partial charge in [0, 0.05) is 12.7 Å². The summed E-state index contributed by atoms with van der Waals surface area (Å²) < 4.78 is 1.72. The molecule has 72 valence electrons. The zero-order valence-corrected chi connectivity index (χ0v) is 7.81. The van der Waals surface area contributed by atoms with E-state index in [0.29, 0.717) is 11.6 Å². The summed E-state index contributed by atoms with van der Waals surface area (Å²) in [5.74, 6) is 0.572. The van der Waals surface area contributed by atoms with Crippen LogP contribution in [0.25, 0.3) is 0 Å². The Morgan fingerprint density at radius 3 is 3.00 bits per heavy atom. The molecule has 0 atom stereocenters. The summed E-state index contributed by atoms with van der Waals surface area (Å²) in [6, 6.07) is 1.72. The fraction of sp³-hybridized carbons (Fsp3) is 0.500. The fourth-order valence-electron chi connectivity index (χ4n) is 1.09. The Morgan fingerprint density at radius 1 is 1.77 bits per heavy atom. The van der Waals surface area contributed by atoms with Crippen LogP contribution in [0, 0.1) is 5.92 Å². The molecule has 0 saturated heterocycles. The molecule has 0 spiro atoms. The molecule has 0 saturated carbocycles. The average molecular weight is 182 g/mol. The normalized spacial score (nSPS) is 12.4. The number of rotatable bonds is 3. The predicted molar refractivity (Wildman–Crippen MR) is 49.6 cm³/mol. The van der Waals surface area contributed by atoms with Crippen LogP contribution in [0.15, 0.2) is 17.4 Å². The van der Waals surface area contributed by atoms with Crippen LogP contribution in [0.5, 0.6) is 0 Å². The van der Waals surface area contributed by atoms with E-state index in [1.807, 2.05) is 0 Å². The van der Waals surface area contributed by atoms with Gasteiger partial charge in [-0.25, -0.2) is 0 Å². The van der Waals surface area contributed by atoms with Crippen LogP contribution in [0.2, 0.25) is 0 Å². The third kappa shape index (κ3) is 2.21. The first-order valence-corrected chi connectivity index (χ1v) is 4.15. The number of hydrogen-bond donors (Lipinski definition) is 2. The van der Waals surface area contributed by atoms with E-state index in [-0.39, 0.29) is 5.84 Å². The first-order valence-electron chi connectivity index (χ1n) is 4.15. The van der Waals surface area contributed by atoms with E-state index in [2.05, 4.69) is 24.1 Å². The minimum absolute atomic E-state index is 0.0955. The molecule has 13 heavy (non-hydrogen) atoms. The number of hydrogen-bond acceptors (Lipinski definition) is 3. The van der Waals surface area contributed by atoms with Crippen molar-refractivity contribution in [3.8, 4) is 0 Å². The summed E-state index contributed by atoms with van der Waals surface area (Å²) in [6.45, 7) is 4.92. The van der Waals surface area contributed by atoms with Crippen LogP contribution in [0.1, 0.15) is 19.5 Å². The third-order valence-electron chi connectivity index (χ3n) is 1.62. The highest BCUT2D eigenvalue weighted by Crippen LogP contribution is 2.03. The molecule has 1 rings (SSSR count). The van der Waals surface area contributed by atoms with E-state index in [9.17, 15) is 0 Å². The smallest absolute Gasteiger partial charge is 0.188 e. The fourth-order valence-corrected chi connectivity index (χ4v) is 1.09. The second kappa shape index (κ2) is 3.93. The summed E-state index contributed by atoms with van der Waals surface area (Å²) in [6.07, 6.45) is 1.63. The molecule has 1 aromatic heterocycles. The summed E-state index contributed by atoms with van der Waals surface area (Å²) in [7, 11) is 0. The molecule has 0 aliphatic heterocycles. The number of aromatic nitrogens is 2. The molecular formula is C8H14N4O. The molecule has 0 aliphatic carbocycles. The lowest BCUT2D eigenvalue weighted by atomic mass is 10.2. The molecule has 5 nitrogen and oxygen atoms in total. The first-order chi connectivity index (χ1) is 6.15. The van der Waals surface area contributed by atoms with Crippen LogP contribution < -0.4 is 5.73 Å². The van der Waals surface area contributed by atoms with Crippen LogP contribution in [0.3, 0.4) is 0 Å². The lowest BCUT2D eigenvalue weighted by Gasteiger charge is -2.08. The highest BCUT2D eigenvalue weighted by atomic mass is 16.4. The topological polar surface area (TPSA) is 76.4 Å². The zero-order valence-electron chi connectivity index (χ0n) is 7.81. The third-order valence-corrected chi connectivity index (χ3v) is 1.62. The number of oxime groups is 1. The molecule has 0 radical (unpaired) electrons. The van der Waals surface area contributed by atoms with E-state index in [4.69, 9.17) is 10.9 Å². The Bertz CT molecular complexity index is 303. The van der Waals surface area contributed by atoms with Gasteiger partial charge in [0.2, 0.25) is 0 Å². The van der Waals surface area contributed by atoms with Crippen molar-refractivity contribution in [1.82, 2.24) is 9.78 Å². The van der Waals surface area contributed by atoms with Gasteiger partial charge in [-0.05, 0) is 12.0 Å². The van der Waals surface area contributed by atoms with Gasteiger partial charge in [-0.1, -0.05) is 19.0 Å². The Balaban J connectivity index is 2.89. The Morgan fingerprint density at radius 2 is 2.46 bits per heavy atom. The van der Waals surface area contributed by atoms with Crippen molar-refractivity contribution in [3.05, 3.63) is 18.0 Å². The summed E-state index contributed by atoms with van der Waals surface area (Å²) in [4.78, 5) is 0. The minimum Gasteiger partial charge on any atom is -0.409 e. The molecular weight excluding hydrogens is 168 g/mol. The first kappa shape index (κ1) is 9.57. The van der Waals surface area contributed by atoms with Gasteiger partial charge in [-0.15, -0.1) is 0 Å². The van der Waals surface area contributed by atoms with Gasteiger partial charge in [0.05, 0.1) is 0 Å². The van der Waals surface area contributed by atoms with Gasteiger partial charge in [-0.2, -0.15) is 5.10 Å². The summed E-state index contributed by atoms with van der Waals surface area (Å²) in [5, 5.41) is 15.5. The van der Waals surface area contributed by atoms with Gasteiger partial charge in [0.1, 0.15) is 5.69 Å². The van der Waals surface area contributed by atoms with Crippen molar-refractivity contribution in [1.29, 1.82) is 0 Å². The van der Waals surface area contributed by atoms with E-state index in [1.165, 1.54) is 0 Å². The van der Waals surface area contributed by atoms with E-state index >= 15 is 0 Å². The van der Waals surface area contributed by atoms with Crippen molar-refractivity contribution in [2.75, 3.05) is 0 Å². The Kier molecular flexibility index (Phi) is 2.89. The number of nitrogens with zero attached hydrogens (tertiary/aromatic N) is 3. The van der Waals surface area contributed by atoms with Gasteiger partial charge in [0.15, 0.2) is 5.84 Å². The quantitative estimate of drug-likeness (QED) is 0.311. The zero-order chi connectivity index (χ0) is 9.84.